The van der Waals surface area contributed by atoms with Crippen molar-refractivity contribution in [2.75, 3.05) is 16.9 Å². The van der Waals surface area contributed by atoms with E-state index >= 15 is 0 Å². The SMILES string of the molecule is Cc1cc(NN)c([N+](=O)[O-])cc1S(=O)(=O)NC1CCSC1. The summed E-state index contributed by atoms with van der Waals surface area (Å²) in [6.07, 6.45) is 0.757. The van der Waals surface area contributed by atoms with E-state index in [1.807, 2.05) is 0 Å². The first-order valence-corrected chi connectivity index (χ1v) is 8.84. The lowest BCUT2D eigenvalue weighted by molar-refractivity contribution is -0.384. The van der Waals surface area contributed by atoms with Crippen molar-refractivity contribution in [3.63, 3.8) is 0 Å². The van der Waals surface area contributed by atoms with Gasteiger partial charge in [-0.05, 0) is 30.7 Å². The van der Waals surface area contributed by atoms with Crippen molar-refractivity contribution in [2.45, 2.75) is 24.3 Å². The molecule has 0 aromatic heterocycles. The Balaban J connectivity index is 2.42. The molecule has 0 spiro atoms. The van der Waals surface area contributed by atoms with Crippen molar-refractivity contribution in [1.29, 1.82) is 0 Å². The van der Waals surface area contributed by atoms with Gasteiger partial charge in [0, 0.05) is 17.9 Å². The number of nitro groups is 1. The number of hydrogen-bond donors (Lipinski definition) is 3. The van der Waals surface area contributed by atoms with Gasteiger partial charge in [0.25, 0.3) is 5.69 Å². The molecule has 116 valence electrons. The van der Waals surface area contributed by atoms with Gasteiger partial charge in [0.2, 0.25) is 10.0 Å². The van der Waals surface area contributed by atoms with Gasteiger partial charge in [0.1, 0.15) is 5.69 Å². The van der Waals surface area contributed by atoms with E-state index in [0.29, 0.717) is 11.3 Å². The van der Waals surface area contributed by atoms with E-state index in [4.69, 9.17) is 5.84 Å². The highest BCUT2D eigenvalue weighted by molar-refractivity contribution is 7.99. The Labute approximate surface area is 126 Å². The summed E-state index contributed by atoms with van der Waals surface area (Å²) in [7, 11) is -3.79. The molecular formula is C11H16N4O4S2. The van der Waals surface area contributed by atoms with Gasteiger partial charge in [-0.2, -0.15) is 11.8 Å². The molecule has 1 atom stereocenters. The number of thioether (sulfide) groups is 1. The van der Waals surface area contributed by atoms with Gasteiger partial charge in [0.15, 0.2) is 0 Å². The van der Waals surface area contributed by atoms with Crippen LogP contribution in [0.4, 0.5) is 11.4 Å². The molecule has 0 amide bonds. The lowest BCUT2D eigenvalue weighted by Gasteiger charge is -2.14. The smallest absolute Gasteiger partial charge is 0.295 e. The van der Waals surface area contributed by atoms with Crippen LogP contribution in [-0.2, 0) is 10.0 Å². The molecule has 1 aromatic rings. The highest BCUT2D eigenvalue weighted by Crippen LogP contribution is 2.30. The molecule has 2 rings (SSSR count). The molecule has 10 heteroatoms. The molecule has 0 saturated carbocycles. The van der Waals surface area contributed by atoms with Crippen LogP contribution in [0.5, 0.6) is 0 Å². The van der Waals surface area contributed by atoms with Crippen LogP contribution in [0.25, 0.3) is 0 Å². The van der Waals surface area contributed by atoms with Crippen molar-refractivity contribution in [3.8, 4) is 0 Å². The molecule has 8 nitrogen and oxygen atoms in total. The number of hydrazine groups is 1. The normalized spacial score (nSPS) is 18.7. The first-order chi connectivity index (χ1) is 9.85. The van der Waals surface area contributed by atoms with E-state index in [0.717, 1.165) is 18.2 Å². The molecule has 4 N–H and O–H groups in total. The van der Waals surface area contributed by atoms with Crippen LogP contribution in [0.1, 0.15) is 12.0 Å². The zero-order chi connectivity index (χ0) is 15.6. The summed E-state index contributed by atoms with van der Waals surface area (Å²) in [5, 5.41) is 11.0. The Hall–Kier alpha value is -1.36. The quantitative estimate of drug-likeness (QED) is 0.416. The van der Waals surface area contributed by atoms with Gasteiger partial charge < -0.3 is 5.43 Å². The standard InChI is InChI=1S/C11H16N4O4S2/c1-7-4-9(13-12)10(15(16)17)5-11(7)21(18,19)14-8-2-3-20-6-8/h4-5,8,13-14H,2-3,6,12H2,1H3. The summed E-state index contributed by atoms with van der Waals surface area (Å²) in [6, 6.07) is 2.26. The van der Waals surface area contributed by atoms with E-state index in [9.17, 15) is 18.5 Å². The molecule has 1 fully saturated rings. The van der Waals surface area contributed by atoms with Crippen molar-refractivity contribution >= 4 is 33.2 Å². The summed E-state index contributed by atoms with van der Waals surface area (Å²) in [5.41, 5.74) is 2.31. The van der Waals surface area contributed by atoms with Crippen molar-refractivity contribution in [3.05, 3.63) is 27.8 Å². The summed E-state index contributed by atoms with van der Waals surface area (Å²) in [4.78, 5) is 10.2. The van der Waals surface area contributed by atoms with Gasteiger partial charge >= 0.3 is 0 Å². The monoisotopic (exact) mass is 332 g/mol. The van der Waals surface area contributed by atoms with Gasteiger partial charge in [-0.1, -0.05) is 0 Å². The summed E-state index contributed by atoms with van der Waals surface area (Å²) < 4.78 is 27.4. The summed E-state index contributed by atoms with van der Waals surface area (Å²) >= 11 is 1.67. The first kappa shape index (κ1) is 16.0. The molecule has 1 unspecified atom stereocenters. The number of anilines is 1. The molecule has 1 aliphatic heterocycles. The average Bonchev–Trinajstić information content (AvgIpc) is 2.89. The Bertz CT molecular complexity index is 656. The number of nitrogens with one attached hydrogen (secondary N) is 2. The second-order valence-corrected chi connectivity index (χ2v) is 7.55. The topological polar surface area (TPSA) is 127 Å². The Morgan fingerprint density at radius 2 is 2.19 bits per heavy atom. The molecular weight excluding hydrogens is 316 g/mol. The largest absolute Gasteiger partial charge is 0.318 e. The van der Waals surface area contributed by atoms with E-state index in [-0.39, 0.29) is 22.3 Å². The predicted octanol–water partition coefficient (Wildman–Crippen LogP) is 0.973. The summed E-state index contributed by atoms with van der Waals surface area (Å²) in [6.45, 7) is 1.57. The van der Waals surface area contributed by atoms with Crippen LogP contribution in [0, 0.1) is 17.0 Å². The molecule has 21 heavy (non-hydrogen) atoms. The fraction of sp³-hybridized carbons (Fsp3) is 0.455. The van der Waals surface area contributed by atoms with E-state index in [1.54, 1.807) is 18.7 Å². The Kier molecular flexibility index (Phi) is 4.71. The number of aryl methyl sites for hydroxylation is 1. The predicted molar refractivity (Wildman–Crippen MR) is 81.7 cm³/mol. The highest BCUT2D eigenvalue weighted by Gasteiger charge is 2.27. The number of hydrogen-bond acceptors (Lipinski definition) is 7. The average molecular weight is 332 g/mol. The van der Waals surface area contributed by atoms with Crippen molar-refractivity contribution < 1.29 is 13.3 Å². The molecule has 1 aromatic carbocycles. The zero-order valence-corrected chi connectivity index (χ0v) is 13.0. The molecule has 0 bridgehead atoms. The fourth-order valence-corrected chi connectivity index (χ4v) is 4.92. The minimum absolute atomic E-state index is 0.0767. The molecule has 0 radical (unpaired) electrons. The van der Waals surface area contributed by atoms with Gasteiger partial charge in [0.05, 0.1) is 9.82 Å². The number of nitro benzene ring substituents is 1. The van der Waals surface area contributed by atoms with E-state index < -0.39 is 14.9 Å². The molecule has 1 saturated heterocycles. The minimum atomic E-state index is -3.79. The van der Waals surface area contributed by atoms with Crippen LogP contribution in [-0.4, -0.2) is 30.9 Å². The molecule has 0 aliphatic carbocycles. The molecule has 1 heterocycles. The van der Waals surface area contributed by atoms with Crippen LogP contribution in [0.2, 0.25) is 0 Å². The van der Waals surface area contributed by atoms with Gasteiger partial charge in [-0.15, -0.1) is 0 Å². The van der Waals surface area contributed by atoms with Crippen molar-refractivity contribution in [2.24, 2.45) is 5.84 Å². The first-order valence-electron chi connectivity index (χ1n) is 6.21. The highest BCUT2D eigenvalue weighted by atomic mass is 32.2. The maximum absolute atomic E-state index is 12.4. The Morgan fingerprint density at radius 3 is 2.71 bits per heavy atom. The number of rotatable bonds is 5. The maximum Gasteiger partial charge on any atom is 0.295 e. The lowest BCUT2D eigenvalue weighted by Crippen LogP contribution is -2.35. The van der Waals surface area contributed by atoms with Gasteiger partial charge in [-0.25, -0.2) is 13.1 Å². The third kappa shape index (κ3) is 3.46. The number of nitrogen functional groups attached to an aromatic ring is 1. The minimum Gasteiger partial charge on any atom is -0.318 e. The van der Waals surface area contributed by atoms with Crippen LogP contribution >= 0.6 is 11.8 Å². The second kappa shape index (κ2) is 6.18. The number of benzene rings is 1. The third-order valence-corrected chi connectivity index (χ3v) is 6.01. The van der Waals surface area contributed by atoms with E-state index in [2.05, 4.69) is 10.1 Å². The van der Waals surface area contributed by atoms with Crippen LogP contribution in [0.15, 0.2) is 17.0 Å². The summed E-state index contributed by atoms with van der Waals surface area (Å²) in [5.74, 6) is 6.84. The van der Waals surface area contributed by atoms with Crippen LogP contribution < -0.4 is 16.0 Å². The van der Waals surface area contributed by atoms with Crippen LogP contribution in [0.3, 0.4) is 0 Å². The fourth-order valence-electron chi connectivity index (χ4n) is 2.14. The second-order valence-electron chi connectivity index (χ2n) is 4.72. The number of sulfonamides is 1. The molecule has 1 aliphatic rings. The van der Waals surface area contributed by atoms with Crippen molar-refractivity contribution in [1.82, 2.24) is 4.72 Å². The van der Waals surface area contributed by atoms with E-state index in [1.165, 1.54) is 6.07 Å². The number of nitrogens with two attached hydrogens (primary N) is 1. The maximum atomic E-state index is 12.4. The third-order valence-electron chi connectivity index (χ3n) is 3.19. The number of nitrogens with zero attached hydrogens (tertiary/aromatic N) is 1. The zero-order valence-electron chi connectivity index (χ0n) is 11.3. The lowest BCUT2D eigenvalue weighted by atomic mass is 10.2. The van der Waals surface area contributed by atoms with Gasteiger partial charge in [-0.3, -0.25) is 16.0 Å². The Morgan fingerprint density at radius 1 is 1.48 bits per heavy atom.